The SMILES string of the molecule is COCCn1c(SCC(=O)NNC(=O)c2cc(Cl)ccc2OC)nc2ccccc21. The Labute approximate surface area is 182 Å². The molecule has 2 N–H and O–H groups in total. The summed E-state index contributed by atoms with van der Waals surface area (Å²) in [7, 11) is 3.09. The normalized spacial score (nSPS) is 10.8. The van der Waals surface area contributed by atoms with Gasteiger partial charge >= 0.3 is 0 Å². The van der Waals surface area contributed by atoms with Crippen LogP contribution in [0.15, 0.2) is 47.6 Å². The van der Waals surface area contributed by atoms with Gasteiger partial charge in [0.1, 0.15) is 5.75 Å². The van der Waals surface area contributed by atoms with Crippen LogP contribution in [0.5, 0.6) is 5.75 Å². The van der Waals surface area contributed by atoms with E-state index in [0.29, 0.717) is 29.1 Å². The average molecular weight is 449 g/mol. The van der Waals surface area contributed by atoms with Gasteiger partial charge < -0.3 is 14.0 Å². The second-order valence-electron chi connectivity index (χ2n) is 6.16. The largest absolute Gasteiger partial charge is 0.496 e. The first kappa shape index (κ1) is 21.9. The summed E-state index contributed by atoms with van der Waals surface area (Å²) < 4.78 is 12.3. The summed E-state index contributed by atoms with van der Waals surface area (Å²) in [6.07, 6.45) is 0. The number of fused-ring (bicyclic) bond motifs is 1. The van der Waals surface area contributed by atoms with Crippen LogP contribution in [-0.2, 0) is 16.1 Å². The Bertz CT molecular complexity index is 1060. The fourth-order valence-corrected chi connectivity index (χ4v) is 3.79. The monoisotopic (exact) mass is 448 g/mol. The summed E-state index contributed by atoms with van der Waals surface area (Å²) in [6.45, 7) is 1.14. The Morgan fingerprint density at radius 3 is 2.73 bits per heavy atom. The van der Waals surface area contributed by atoms with E-state index in [1.165, 1.54) is 24.9 Å². The Balaban J connectivity index is 1.61. The van der Waals surface area contributed by atoms with Crippen LogP contribution in [0.25, 0.3) is 11.0 Å². The number of imidazole rings is 1. The van der Waals surface area contributed by atoms with Crippen LogP contribution in [0, 0.1) is 0 Å². The van der Waals surface area contributed by atoms with Crippen molar-refractivity contribution >= 4 is 46.2 Å². The fraction of sp³-hybridized carbons (Fsp3) is 0.250. The third-order valence-electron chi connectivity index (χ3n) is 4.19. The van der Waals surface area contributed by atoms with Crippen LogP contribution in [0.2, 0.25) is 5.02 Å². The van der Waals surface area contributed by atoms with Crippen LogP contribution in [0.3, 0.4) is 0 Å². The summed E-state index contributed by atoms with van der Waals surface area (Å²) >= 11 is 7.21. The summed E-state index contributed by atoms with van der Waals surface area (Å²) in [6, 6.07) is 12.4. The number of benzene rings is 2. The molecule has 0 aliphatic rings. The van der Waals surface area contributed by atoms with Crippen molar-refractivity contribution in [2.75, 3.05) is 26.6 Å². The second kappa shape index (κ2) is 10.3. The van der Waals surface area contributed by atoms with Crippen LogP contribution in [0.1, 0.15) is 10.4 Å². The third-order valence-corrected chi connectivity index (χ3v) is 5.40. The maximum atomic E-state index is 12.3. The molecule has 1 heterocycles. The first-order valence-corrected chi connectivity index (χ1v) is 10.4. The molecule has 10 heteroatoms. The molecule has 0 saturated carbocycles. The predicted molar refractivity (Wildman–Crippen MR) is 116 cm³/mol. The Hall–Kier alpha value is -2.75. The molecule has 0 unspecified atom stereocenters. The number of hydrogen-bond acceptors (Lipinski definition) is 6. The molecule has 1 aromatic heterocycles. The molecule has 8 nitrogen and oxygen atoms in total. The van der Waals surface area contributed by atoms with E-state index in [0.717, 1.165) is 11.0 Å². The number of carbonyl (C=O) groups excluding carboxylic acids is 2. The average Bonchev–Trinajstić information content (AvgIpc) is 3.11. The van der Waals surface area contributed by atoms with Gasteiger partial charge in [0, 0.05) is 18.7 Å². The molecule has 0 aliphatic carbocycles. The number of para-hydroxylation sites is 2. The van der Waals surface area contributed by atoms with Crippen LogP contribution < -0.4 is 15.6 Å². The number of nitrogens with one attached hydrogen (secondary N) is 2. The lowest BCUT2D eigenvalue weighted by molar-refractivity contribution is -0.119. The summed E-state index contributed by atoms with van der Waals surface area (Å²) in [5.41, 5.74) is 6.81. The fourth-order valence-electron chi connectivity index (χ4n) is 2.78. The highest BCUT2D eigenvalue weighted by molar-refractivity contribution is 7.99. The molecular weight excluding hydrogens is 428 g/mol. The van der Waals surface area contributed by atoms with Crippen molar-refractivity contribution in [2.45, 2.75) is 11.7 Å². The third kappa shape index (κ3) is 5.24. The highest BCUT2D eigenvalue weighted by Crippen LogP contribution is 2.24. The quantitative estimate of drug-likeness (QED) is 0.406. The molecule has 0 fully saturated rings. The second-order valence-corrected chi connectivity index (χ2v) is 7.54. The highest BCUT2D eigenvalue weighted by atomic mass is 35.5. The number of ether oxygens (including phenoxy) is 2. The summed E-state index contributed by atoms with van der Waals surface area (Å²) in [5.74, 6) is -0.476. The number of thioether (sulfide) groups is 1. The highest BCUT2D eigenvalue weighted by Gasteiger charge is 2.15. The van der Waals surface area contributed by atoms with E-state index in [1.807, 2.05) is 28.8 Å². The molecule has 0 saturated heterocycles. The number of hydrogen-bond donors (Lipinski definition) is 2. The number of aromatic nitrogens is 2. The van der Waals surface area contributed by atoms with Gasteiger partial charge in [-0.2, -0.15) is 0 Å². The number of carbonyl (C=O) groups is 2. The maximum absolute atomic E-state index is 12.3. The number of methoxy groups -OCH3 is 2. The standard InChI is InChI=1S/C20H21ClN4O4S/c1-28-10-9-25-16-6-4-3-5-15(16)22-20(25)30-12-18(26)23-24-19(27)14-11-13(21)7-8-17(14)29-2/h3-8,11H,9-10,12H2,1-2H3,(H,23,26)(H,24,27). The minimum absolute atomic E-state index is 0.0727. The molecular formula is C20H21ClN4O4S. The molecule has 158 valence electrons. The Morgan fingerprint density at radius 1 is 1.17 bits per heavy atom. The molecule has 0 bridgehead atoms. The van der Waals surface area contributed by atoms with Gasteiger partial charge in [-0.15, -0.1) is 0 Å². The minimum Gasteiger partial charge on any atom is -0.496 e. The van der Waals surface area contributed by atoms with Crippen LogP contribution in [-0.4, -0.2) is 47.9 Å². The van der Waals surface area contributed by atoms with E-state index < -0.39 is 5.91 Å². The zero-order valence-electron chi connectivity index (χ0n) is 16.5. The topological polar surface area (TPSA) is 94.5 Å². The molecule has 3 rings (SSSR count). The smallest absolute Gasteiger partial charge is 0.273 e. The van der Waals surface area contributed by atoms with Crippen molar-refractivity contribution in [3.05, 3.63) is 53.1 Å². The summed E-state index contributed by atoms with van der Waals surface area (Å²) in [5, 5.41) is 1.09. The van der Waals surface area contributed by atoms with Crippen molar-refractivity contribution in [3.8, 4) is 5.75 Å². The molecule has 0 atom stereocenters. The zero-order valence-corrected chi connectivity index (χ0v) is 18.0. The van der Waals surface area contributed by atoms with Gasteiger partial charge in [0.2, 0.25) is 5.91 Å². The maximum Gasteiger partial charge on any atom is 0.273 e. The van der Waals surface area contributed by atoms with Crippen LogP contribution in [0.4, 0.5) is 0 Å². The minimum atomic E-state index is -0.528. The molecule has 0 spiro atoms. The molecule has 30 heavy (non-hydrogen) atoms. The van der Waals surface area contributed by atoms with E-state index in [2.05, 4.69) is 15.8 Å². The van der Waals surface area contributed by atoms with E-state index in [1.54, 1.807) is 19.2 Å². The van der Waals surface area contributed by atoms with Gasteiger partial charge in [-0.1, -0.05) is 35.5 Å². The van der Waals surface area contributed by atoms with Crippen LogP contribution >= 0.6 is 23.4 Å². The Kier molecular flexibility index (Phi) is 7.56. The molecule has 0 aliphatic heterocycles. The first-order chi connectivity index (χ1) is 14.5. The lowest BCUT2D eigenvalue weighted by atomic mass is 10.2. The molecule has 2 aromatic carbocycles. The van der Waals surface area contributed by atoms with E-state index in [9.17, 15) is 9.59 Å². The van der Waals surface area contributed by atoms with Crippen molar-refractivity contribution < 1.29 is 19.1 Å². The van der Waals surface area contributed by atoms with Crippen molar-refractivity contribution in [1.29, 1.82) is 0 Å². The summed E-state index contributed by atoms with van der Waals surface area (Å²) in [4.78, 5) is 29.2. The number of amides is 2. The molecule has 0 radical (unpaired) electrons. The van der Waals surface area contributed by atoms with E-state index >= 15 is 0 Å². The number of rotatable bonds is 8. The van der Waals surface area contributed by atoms with Crippen molar-refractivity contribution in [1.82, 2.24) is 20.4 Å². The number of nitrogens with zero attached hydrogens (tertiary/aromatic N) is 2. The predicted octanol–water partition coefficient (Wildman–Crippen LogP) is 2.90. The van der Waals surface area contributed by atoms with Gasteiger partial charge in [-0.3, -0.25) is 20.4 Å². The van der Waals surface area contributed by atoms with Gasteiger partial charge in [-0.25, -0.2) is 4.98 Å². The van der Waals surface area contributed by atoms with Gasteiger partial charge in [0.25, 0.3) is 5.91 Å². The zero-order chi connectivity index (χ0) is 21.5. The van der Waals surface area contributed by atoms with Gasteiger partial charge in [0.05, 0.1) is 36.1 Å². The number of hydrazine groups is 1. The number of halogens is 1. The van der Waals surface area contributed by atoms with Gasteiger partial charge in [0.15, 0.2) is 5.16 Å². The van der Waals surface area contributed by atoms with Crippen molar-refractivity contribution in [3.63, 3.8) is 0 Å². The molecule has 2 amide bonds. The molecule has 3 aromatic rings. The van der Waals surface area contributed by atoms with Gasteiger partial charge in [-0.05, 0) is 30.3 Å². The van der Waals surface area contributed by atoms with Crippen molar-refractivity contribution in [2.24, 2.45) is 0 Å². The lowest BCUT2D eigenvalue weighted by Gasteiger charge is -2.11. The van der Waals surface area contributed by atoms with E-state index in [-0.39, 0.29) is 17.2 Å². The Morgan fingerprint density at radius 2 is 1.97 bits per heavy atom. The lowest BCUT2D eigenvalue weighted by Crippen LogP contribution is -2.42. The van der Waals surface area contributed by atoms with E-state index in [4.69, 9.17) is 21.1 Å². The first-order valence-electron chi connectivity index (χ1n) is 9.03.